The van der Waals surface area contributed by atoms with Crippen LogP contribution in [-0.2, 0) is 11.3 Å². The van der Waals surface area contributed by atoms with Gasteiger partial charge in [-0.1, -0.05) is 11.8 Å². The van der Waals surface area contributed by atoms with Crippen LogP contribution in [-0.4, -0.2) is 33.7 Å². The molecule has 2 N–H and O–H groups in total. The normalized spacial score (nSPS) is 21.4. The predicted molar refractivity (Wildman–Crippen MR) is 70.5 cm³/mol. The maximum Gasteiger partial charge on any atom is 0.191 e. The monoisotopic (exact) mass is 268 g/mol. The minimum atomic E-state index is 0.487. The minimum Gasteiger partial charge on any atom is -0.381 e. The van der Waals surface area contributed by atoms with Crippen molar-refractivity contribution < 1.29 is 4.74 Å². The average molecular weight is 268 g/mol. The number of aromatic nitrogens is 3. The summed E-state index contributed by atoms with van der Waals surface area (Å²) in [6.07, 6.45) is 4.84. The Hall–Kier alpha value is -0.590. The molecule has 1 aromatic heterocycles. The van der Waals surface area contributed by atoms with Crippen LogP contribution < -0.4 is 5.73 Å². The molecule has 1 saturated carbocycles. The van der Waals surface area contributed by atoms with Gasteiger partial charge in [0, 0.05) is 25.0 Å². The second-order valence-corrected chi connectivity index (χ2v) is 6.06. The van der Waals surface area contributed by atoms with Gasteiger partial charge in [-0.3, -0.25) is 0 Å². The zero-order valence-electron chi connectivity index (χ0n) is 10.5. The van der Waals surface area contributed by atoms with Crippen LogP contribution in [0.15, 0.2) is 5.16 Å². The van der Waals surface area contributed by atoms with Crippen molar-refractivity contribution in [3.8, 4) is 0 Å². The highest BCUT2D eigenvalue weighted by Crippen LogP contribution is 2.39. The summed E-state index contributed by atoms with van der Waals surface area (Å²) < 4.78 is 7.64. The van der Waals surface area contributed by atoms with E-state index in [1.54, 1.807) is 0 Å². The van der Waals surface area contributed by atoms with Crippen molar-refractivity contribution in [2.75, 3.05) is 19.0 Å². The number of hydrogen-bond acceptors (Lipinski definition) is 5. The molecular weight excluding hydrogens is 248 g/mol. The van der Waals surface area contributed by atoms with Gasteiger partial charge in [-0.2, -0.15) is 0 Å². The van der Waals surface area contributed by atoms with Crippen LogP contribution in [0, 0.1) is 5.92 Å². The zero-order valence-corrected chi connectivity index (χ0v) is 11.4. The molecule has 0 spiro atoms. The Morgan fingerprint density at radius 3 is 2.67 bits per heavy atom. The standard InChI is InChI=1S/C12H20N4OS/c13-7-11-14-15-12(16(11)10-1-2-10)18-8-9-3-5-17-6-4-9/h9-10H,1-8,13H2. The number of nitrogens with two attached hydrogens (primary N) is 1. The van der Waals surface area contributed by atoms with Gasteiger partial charge in [0.05, 0.1) is 6.54 Å². The van der Waals surface area contributed by atoms with Crippen LogP contribution in [0.25, 0.3) is 0 Å². The number of hydrogen-bond donors (Lipinski definition) is 1. The maximum atomic E-state index is 5.72. The molecule has 0 atom stereocenters. The molecule has 2 aliphatic rings. The summed E-state index contributed by atoms with van der Waals surface area (Å²) >= 11 is 1.84. The lowest BCUT2D eigenvalue weighted by atomic mass is 10.0. The quantitative estimate of drug-likeness (QED) is 0.822. The highest BCUT2D eigenvalue weighted by Gasteiger charge is 2.29. The fourth-order valence-electron chi connectivity index (χ4n) is 2.35. The zero-order chi connectivity index (χ0) is 12.4. The smallest absolute Gasteiger partial charge is 0.191 e. The Bertz CT molecular complexity index is 399. The highest BCUT2D eigenvalue weighted by molar-refractivity contribution is 7.99. The van der Waals surface area contributed by atoms with Crippen molar-refractivity contribution in [3.63, 3.8) is 0 Å². The summed E-state index contributed by atoms with van der Waals surface area (Å²) in [5, 5.41) is 9.56. The fraction of sp³-hybridized carbons (Fsp3) is 0.833. The Balaban J connectivity index is 1.63. The largest absolute Gasteiger partial charge is 0.381 e. The molecule has 3 rings (SSSR count). The van der Waals surface area contributed by atoms with Gasteiger partial charge in [0.15, 0.2) is 5.16 Å². The van der Waals surface area contributed by atoms with E-state index in [-0.39, 0.29) is 0 Å². The third kappa shape index (κ3) is 2.70. The van der Waals surface area contributed by atoms with E-state index in [2.05, 4.69) is 14.8 Å². The Kier molecular flexibility index (Phi) is 3.86. The van der Waals surface area contributed by atoms with Crippen LogP contribution in [0.3, 0.4) is 0 Å². The van der Waals surface area contributed by atoms with Gasteiger partial charge in [0.1, 0.15) is 5.82 Å². The highest BCUT2D eigenvalue weighted by atomic mass is 32.2. The van der Waals surface area contributed by atoms with E-state index in [9.17, 15) is 0 Å². The summed E-state index contributed by atoms with van der Waals surface area (Å²) in [6.45, 7) is 2.31. The van der Waals surface area contributed by atoms with Crippen LogP contribution in [0.4, 0.5) is 0 Å². The molecule has 18 heavy (non-hydrogen) atoms. The Morgan fingerprint density at radius 2 is 2.00 bits per heavy atom. The van der Waals surface area contributed by atoms with Crippen LogP contribution >= 0.6 is 11.8 Å². The van der Waals surface area contributed by atoms with Crippen molar-refractivity contribution in [2.45, 2.75) is 43.4 Å². The maximum absolute atomic E-state index is 5.72. The average Bonchev–Trinajstić information content (AvgIpc) is 3.18. The predicted octanol–water partition coefficient (Wildman–Crippen LogP) is 1.59. The summed E-state index contributed by atoms with van der Waals surface area (Å²) in [4.78, 5) is 0. The third-order valence-electron chi connectivity index (χ3n) is 3.62. The van der Waals surface area contributed by atoms with E-state index in [1.807, 2.05) is 11.8 Å². The fourth-order valence-corrected chi connectivity index (χ4v) is 3.56. The number of thioether (sulfide) groups is 1. The van der Waals surface area contributed by atoms with Gasteiger partial charge in [0.25, 0.3) is 0 Å². The van der Waals surface area contributed by atoms with Gasteiger partial charge in [0.2, 0.25) is 0 Å². The van der Waals surface area contributed by atoms with Crippen molar-refractivity contribution in [3.05, 3.63) is 5.82 Å². The van der Waals surface area contributed by atoms with Gasteiger partial charge in [-0.15, -0.1) is 10.2 Å². The molecule has 1 aliphatic heterocycles. The summed E-state index contributed by atoms with van der Waals surface area (Å²) in [5.41, 5.74) is 5.72. The van der Waals surface area contributed by atoms with E-state index >= 15 is 0 Å². The molecule has 0 unspecified atom stereocenters. The second kappa shape index (κ2) is 5.59. The molecule has 1 aromatic rings. The van der Waals surface area contributed by atoms with E-state index in [1.165, 1.54) is 25.7 Å². The van der Waals surface area contributed by atoms with Crippen molar-refractivity contribution in [1.82, 2.24) is 14.8 Å². The second-order valence-electron chi connectivity index (χ2n) is 5.07. The summed E-state index contributed by atoms with van der Waals surface area (Å²) in [7, 11) is 0. The Morgan fingerprint density at radius 1 is 1.22 bits per heavy atom. The topological polar surface area (TPSA) is 66.0 Å². The molecular formula is C12H20N4OS. The third-order valence-corrected chi connectivity index (χ3v) is 4.79. The molecule has 2 heterocycles. The van der Waals surface area contributed by atoms with Crippen molar-refractivity contribution in [1.29, 1.82) is 0 Å². The van der Waals surface area contributed by atoms with E-state index in [0.717, 1.165) is 35.9 Å². The van der Waals surface area contributed by atoms with Crippen LogP contribution in [0.1, 0.15) is 37.5 Å². The first-order valence-electron chi connectivity index (χ1n) is 6.73. The van der Waals surface area contributed by atoms with Gasteiger partial charge < -0.3 is 15.0 Å². The minimum absolute atomic E-state index is 0.487. The lowest BCUT2D eigenvalue weighted by Crippen LogP contribution is -2.17. The molecule has 2 fully saturated rings. The molecule has 1 saturated heterocycles. The van der Waals surface area contributed by atoms with Crippen LogP contribution in [0.5, 0.6) is 0 Å². The van der Waals surface area contributed by atoms with Crippen molar-refractivity contribution >= 4 is 11.8 Å². The lowest BCUT2D eigenvalue weighted by Gasteiger charge is -2.21. The van der Waals surface area contributed by atoms with Gasteiger partial charge in [-0.05, 0) is 31.6 Å². The molecule has 0 aromatic carbocycles. The first kappa shape index (κ1) is 12.4. The number of nitrogens with zero attached hydrogens (tertiary/aromatic N) is 3. The van der Waals surface area contributed by atoms with Crippen molar-refractivity contribution in [2.24, 2.45) is 11.7 Å². The van der Waals surface area contributed by atoms with Gasteiger partial charge in [-0.25, -0.2) is 0 Å². The molecule has 1 aliphatic carbocycles. The first-order valence-corrected chi connectivity index (χ1v) is 7.71. The number of rotatable bonds is 5. The number of ether oxygens (including phenoxy) is 1. The SMILES string of the molecule is NCc1nnc(SCC2CCOCC2)n1C1CC1. The molecule has 0 bridgehead atoms. The molecule has 6 heteroatoms. The van der Waals surface area contributed by atoms with E-state index in [0.29, 0.717) is 12.6 Å². The summed E-state index contributed by atoms with van der Waals surface area (Å²) in [6, 6.07) is 0.607. The lowest BCUT2D eigenvalue weighted by molar-refractivity contribution is 0.0727. The molecule has 0 amide bonds. The van der Waals surface area contributed by atoms with Crippen LogP contribution in [0.2, 0.25) is 0 Å². The molecule has 5 nitrogen and oxygen atoms in total. The first-order chi connectivity index (χ1) is 8.88. The summed E-state index contributed by atoms with van der Waals surface area (Å²) in [5.74, 6) is 2.82. The molecule has 100 valence electrons. The Labute approximate surface area is 111 Å². The van der Waals surface area contributed by atoms with Gasteiger partial charge >= 0.3 is 0 Å². The molecule has 0 radical (unpaired) electrons. The van der Waals surface area contributed by atoms with E-state index < -0.39 is 0 Å². The van der Waals surface area contributed by atoms with E-state index in [4.69, 9.17) is 10.5 Å².